The molecule has 0 saturated carbocycles. The van der Waals surface area contributed by atoms with Crippen molar-refractivity contribution in [2.75, 3.05) is 13.2 Å². The number of aryl methyl sites for hydroxylation is 1. The number of benzene rings is 2. The van der Waals surface area contributed by atoms with Crippen molar-refractivity contribution >= 4 is 58.3 Å². The van der Waals surface area contributed by atoms with Gasteiger partial charge in [0.2, 0.25) is 5.91 Å². The summed E-state index contributed by atoms with van der Waals surface area (Å²) in [7, 11) is 0. The van der Waals surface area contributed by atoms with E-state index in [0.29, 0.717) is 23.8 Å². The Balaban J connectivity index is 1.51. The molecule has 0 aliphatic rings. The molecule has 0 fully saturated rings. The van der Waals surface area contributed by atoms with Crippen molar-refractivity contribution in [1.29, 1.82) is 0 Å². The lowest BCUT2D eigenvalue weighted by atomic mass is 10.1. The summed E-state index contributed by atoms with van der Waals surface area (Å²) in [5, 5.41) is 3.03. The van der Waals surface area contributed by atoms with Gasteiger partial charge in [-0.25, -0.2) is 0 Å². The molecule has 0 spiro atoms. The minimum absolute atomic E-state index is 0.0764. The van der Waals surface area contributed by atoms with Crippen molar-refractivity contribution < 1.29 is 23.9 Å². The Morgan fingerprint density at radius 1 is 0.912 bits per heavy atom. The summed E-state index contributed by atoms with van der Waals surface area (Å²) >= 11 is 16.7. The smallest absolute Gasteiger partial charge is 0.305 e. The van der Waals surface area contributed by atoms with Gasteiger partial charge in [0.25, 0.3) is 5.91 Å². The second-order valence-electron chi connectivity index (χ2n) is 7.08. The van der Waals surface area contributed by atoms with Gasteiger partial charge in [-0.2, -0.15) is 0 Å². The van der Waals surface area contributed by atoms with Crippen molar-refractivity contribution in [1.82, 2.24) is 16.2 Å². The number of esters is 1. The Hall–Kier alpha value is -2.88. The zero-order valence-corrected chi connectivity index (χ0v) is 20.6. The number of hydrogen-bond acceptors (Lipinski definition) is 6. The lowest BCUT2D eigenvalue weighted by Gasteiger charge is -2.12. The Morgan fingerprint density at radius 3 is 2.41 bits per heavy atom. The van der Waals surface area contributed by atoms with E-state index in [4.69, 9.17) is 44.9 Å². The Kier molecular flexibility index (Phi) is 12.2. The van der Waals surface area contributed by atoms with Crippen LogP contribution in [-0.4, -0.2) is 36.1 Å². The van der Waals surface area contributed by atoms with Gasteiger partial charge < -0.3 is 14.8 Å². The van der Waals surface area contributed by atoms with Crippen LogP contribution in [0.3, 0.4) is 0 Å². The lowest BCUT2D eigenvalue weighted by Crippen LogP contribution is -2.49. The molecule has 2 rings (SSSR count). The Bertz CT molecular complexity index is 992. The van der Waals surface area contributed by atoms with Gasteiger partial charge in [0.05, 0.1) is 11.6 Å². The van der Waals surface area contributed by atoms with Gasteiger partial charge in [0.15, 0.2) is 11.7 Å². The molecule has 0 unspecified atom stereocenters. The highest BCUT2D eigenvalue weighted by Crippen LogP contribution is 2.27. The van der Waals surface area contributed by atoms with Crippen LogP contribution in [0.1, 0.15) is 31.2 Å². The van der Waals surface area contributed by atoms with Gasteiger partial charge in [-0.1, -0.05) is 53.5 Å². The quantitative estimate of drug-likeness (QED) is 0.177. The van der Waals surface area contributed by atoms with E-state index in [1.165, 1.54) is 17.7 Å². The molecular formula is C23H25Cl2N3O5S. The summed E-state index contributed by atoms with van der Waals surface area (Å²) in [5.41, 5.74) is 5.87. The number of carbonyl (C=O) groups excluding carboxylic acids is 3. The standard InChI is InChI=1S/C23H25Cl2N3O5S/c24-17-11-12-19(18(25)14-17)33-15-21(30)27-28-23(34)26-20(29)9-4-10-22(31)32-13-5-8-16-6-2-1-3-7-16/h1-3,6-7,11-12,14H,4-5,8-10,13,15H2,(H,27,30)(H2,26,28,29,34). The molecule has 0 radical (unpaired) electrons. The zero-order chi connectivity index (χ0) is 24.8. The molecule has 8 nitrogen and oxygen atoms in total. The van der Waals surface area contributed by atoms with Gasteiger partial charge in [0, 0.05) is 17.9 Å². The second-order valence-corrected chi connectivity index (χ2v) is 8.33. The number of carbonyl (C=O) groups is 3. The molecule has 0 aliphatic heterocycles. The minimum Gasteiger partial charge on any atom is -0.482 e. The number of hydrogen-bond donors (Lipinski definition) is 3. The summed E-state index contributed by atoms with van der Waals surface area (Å²) < 4.78 is 10.5. The molecular weight excluding hydrogens is 501 g/mol. The molecule has 2 amide bonds. The van der Waals surface area contributed by atoms with E-state index >= 15 is 0 Å². The highest BCUT2D eigenvalue weighted by Gasteiger charge is 2.10. The fraction of sp³-hybridized carbons (Fsp3) is 0.304. The van der Waals surface area contributed by atoms with Crippen LogP contribution in [-0.2, 0) is 25.5 Å². The topological polar surface area (TPSA) is 106 Å². The van der Waals surface area contributed by atoms with Crippen LogP contribution in [0.4, 0.5) is 0 Å². The highest BCUT2D eigenvalue weighted by molar-refractivity contribution is 7.80. The first kappa shape index (κ1) is 27.4. The molecule has 0 atom stereocenters. The third-order valence-electron chi connectivity index (χ3n) is 4.32. The van der Waals surface area contributed by atoms with E-state index in [1.54, 1.807) is 6.07 Å². The van der Waals surface area contributed by atoms with Crippen LogP contribution < -0.4 is 20.9 Å². The minimum atomic E-state index is -0.544. The van der Waals surface area contributed by atoms with Gasteiger partial charge in [-0.15, -0.1) is 0 Å². The molecule has 0 saturated heterocycles. The van der Waals surface area contributed by atoms with E-state index in [-0.39, 0.29) is 35.6 Å². The Morgan fingerprint density at radius 2 is 1.68 bits per heavy atom. The zero-order valence-electron chi connectivity index (χ0n) is 18.3. The van der Waals surface area contributed by atoms with E-state index in [9.17, 15) is 14.4 Å². The van der Waals surface area contributed by atoms with Crippen LogP contribution in [0.15, 0.2) is 48.5 Å². The molecule has 11 heteroatoms. The number of hydrazine groups is 1. The van der Waals surface area contributed by atoms with Crippen LogP contribution in [0.5, 0.6) is 5.75 Å². The maximum atomic E-state index is 11.9. The summed E-state index contributed by atoms with van der Waals surface area (Å²) in [4.78, 5) is 35.5. The molecule has 3 N–H and O–H groups in total. The van der Waals surface area contributed by atoms with E-state index < -0.39 is 11.8 Å². The van der Waals surface area contributed by atoms with Crippen molar-refractivity contribution in [3.8, 4) is 5.75 Å². The molecule has 0 aliphatic carbocycles. The van der Waals surface area contributed by atoms with Gasteiger partial charge in [-0.05, 0) is 55.2 Å². The van der Waals surface area contributed by atoms with Gasteiger partial charge in [-0.3, -0.25) is 25.2 Å². The first-order valence-electron chi connectivity index (χ1n) is 10.5. The molecule has 34 heavy (non-hydrogen) atoms. The van der Waals surface area contributed by atoms with E-state index in [0.717, 1.165) is 12.8 Å². The molecule has 182 valence electrons. The molecule has 2 aromatic carbocycles. The fourth-order valence-corrected chi connectivity index (χ4v) is 3.32. The number of halogens is 2. The van der Waals surface area contributed by atoms with Crippen molar-refractivity contribution in [3.05, 3.63) is 64.1 Å². The highest BCUT2D eigenvalue weighted by atomic mass is 35.5. The lowest BCUT2D eigenvalue weighted by molar-refractivity contribution is -0.143. The molecule has 0 heterocycles. The van der Waals surface area contributed by atoms with Crippen LogP contribution >= 0.6 is 35.4 Å². The van der Waals surface area contributed by atoms with Crippen molar-refractivity contribution in [2.45, 2.75) is 32.1 Å². The average molecular weight is 526 g/mol. The monoisotopic (exact) mass is 525 g/mol. The summed E-state index contributed by atoms with van der Waals surface area (Å²) in [6.07, 6.45) is 2.08. The van der Waals surface area contributed by atoms with Gasteiger partial charge >= 0.3 is 5.97 Å². The summed E-state index contributed by atoms with van der Waals surface area (Å²) in [6.45, 7) is -0.0000611. The molecule has 0 bridgehead atoms. The molecule has 0 aromatic heterocycles. The fourth-order valence-electron chi connectivity index (χ4n) is 2.69. The number of amides is 2. The number of thiocarbonyl (C=S) groups is 1. The average Bonchev–Trinajstić information content (AvgIpc) is 2.80. The largest absolute Gasteiger partial charge is 0.482 e. The number of rotatable bonds is 11. The summed E-state index contributed by atoms with van der Waals surface area (Å²) in [5.74, 6) is -0.994. The summed E-state index contributed by atoms with van der Waals surface area (Å²) in [6, 6.07) is 14.5. The third kappa shape index (κ3) is 11.3. The third-order valence-corrected chi connectivity index (χ3v) is 5.06. The maximum absolute atomic E-state index is 11.9. The molecule has 2 aromatic rings. The van der Waals surface area contributed by atoms with E-state index in [2.05, 4.69) is 16.2 Å². The van der Waals surface area contributed by atoms with Crippen molar-refractivity contribution in [3.63, 3.8) is 0 Å². The van der Waals surface area contributed by atoms with Crippen LogP contribution in [0, 0.1) is 0 Å². The van der Waals surface area contributed by atoms with Gasteiger partial charge in [0.1, 0.15) is 5.75 Å². The SMILES string of the molecule is O=C(COc1ccc(Cl)cc1Cl)NNC(=S)NC(=O)CCCC(=O)OCCCc1ccccc1. The number of ether oxygens (including phenoxy) is 2. The second kappa shape index (κ2) is 15.1. The van der Waals surface area contributed by atoms with Crippen molar-refractivity contribution in [2.24, 2.45) is 0 Å². The number of nitrogens with one attached hydrogen (secondary N) is 3. The normalized spacial score (nSPS) is 10.2. The Labute approximate surface area is 213 Å². The van der Waals surface area contributed by atoms with Crippen LogP contribution in [0.25, 0.3) is 0 Å². The maximum Gasteiger partial charge on any atom is 0.305 e. The first-order chi connectivity index (χ1) is 16.3. The van der Waals surface area contributed by atoms with Crippen LogP contribution in [0.2, 0.25) is 10.0 Å². The predicted octanol–water partition coefficient (Wildman–Crippen LogP) is 3.74. The first-order valence-corrected chi connectivity index (χ1v) is 11.7. The van der Waals surface area contributed by atoms with E-state index in [1.807, 2.05) is 30.3 Å². The predicted molar refractivity (Wildman–Crippen MR) is 134 cm³/mol.